The topological polar surface area (TPSA) is 55.8 Å². The van der Waals surface area contributed by atoms with Crippen LogP contribution in [-0.4, -0.2) is 43.6 Å². The molecule has 124 valence electrons. The molecule has 1 saturated carbocycles. The molecule has 1 saturated heterocycles. The van der Waals surface area contributed by atoms with E-state index in [0.29, 0.717) is 18.8 Å². The van der Waals surface area contributed by atoms with Crippen molar-refractivity contribution in [2.24, 2.45) is 11.3 Å². The molecule has 1 aromatic rings. The van der Waals surface area contributed by atoms with Crippen molar-refractivity contribution in [2.45, 2.75) is 19.3 Å². The number of ether oxygens (including phenoxy) is 2. The van der Waals surface area contributed by atoms with Gasteiger partial charge in [0.15, 0.2) is 6.61 Å². The first-order chi connectivity index (χ1) is 11.0. The summed E-state index contributed by atoms with van der Waals surface area (Å²) in [6, 6.07) is 5.74. The van der Waals surface area contributed by atoms with Crippen LogP contribution >= 0.6 is 0 Å². The van der Waals surface area contributed by atoms with E-state index in [4.69, 9.17) is 9.47 Å². The van der Waals surface area contributed by atoms with Crippen LogP contribution in [0.2, 0.25) is 0 Å². The number of methoxy groups -OCH3 is 1. The van der Waals surface area contributed by atoms with Crippen molar-refractivity contribution >= 4 is 11.9 Å². The summed E-state index contributed by atoms with van der Waals surface area (Å²) in [5.74, 6) is -0.302. The van der Waals surface area contributed by atoms with Gasteiger partial charge < -0.3 is 14.4 Å². The van der Waals surface area contributed by atoms with Crippen molar-refractivity contribution in [2.75, 3.05) is 26.8 Å². The molecule has 1 amide bonds. The van der Waals surface area contributed by atoms with Crippen LogP contribution in [0.5, 0.6) is 5.75 Å². The maximum absolute atomic E-state index is 13.1. The third-order valence-corrected chi connectivity index (χ3v) is 4.95. The van der Waals surface area contributed by atoms with Crippen molar-refractivity contribution in [3.05, 3.63) is 30.1 Å². The Morgan fingerprint density at radius 3 is 2.74 bits per heavy atom. The number of rotatable bonds is 4. The molecule has 1 spiro atoms. The molecule has 1 aliphatic heterocycles. The highest BCUT2D eigenvalue weighted by molar-refractivity contribution is 5.79. The Morgan fingerprint density at radius 1 is 1.35 bits per heavy atom. The SMILES string of the molecule is COC(=O)C1CC12CCN(C(=O)COc1cccc(F)c1)CC2. The predicted molar refractivity (Wildman–Crippen MR) is 80.3 cm³/mol. The fourth-order valence-corrected chi connectivity index (χ4v) is 3.37. The Labute approximate surface area is 134 Å². The second-order valence-corrected chi connectivity index (χ2v) is 6.27. The third kappa shape index (κ3) is 3.30. The van der Waals surface area contributed by atoms with Gasteiger partial charge >= 0.3 is 5.97 Å². The van der Waals surface area contributed by atoms with Gasteiger partial charge in [-0.15, -0.1) is 0 Å². The number of likely N-dealkylation sites (tertiary alicyclic amines) is 1. The van der Waals surface area contributed by atoms with Gasteiger partial charge in [-0.3, -0.25) is 9.59 Å². The zero-order valence-electron chi connectivity index (χ0n) is 13.1. The fourth-order valence-electron chi connectivity index (χ4n) is 3.37. The smallest absolute Gasteiger partial charge is 0.309 e. The Balaban J connectivity index is 1.47. The molecule has 1 unspecified atom stereocenters. The fraction of sp³-hybridized carbons (Fsp3) is 0.529. The van der Waals surface area contributed by atoms with E-state index in [1.54, 1.807) is 17.0 Å². The molecule has 1 atom stereocenters. The Morgan fingerprint density at radius 2 is 2.09 bits per heavy atom. The molecular weight excluding hydrogens is 301 g/mol. The third-order valence-electron chi connectivity index (χ3n) is 4.95. The van der Waals surface area contributed by atoms with Crippen LogP contribution in [0.3, 0.4) is 0 Å². The minimum absolute atomic E-state index is 0.00621. The summed E-state index contributed by atoms with van der Waals surface area (Å²) in [4.78, 5) is 25.5. The molecule has 2 aliphatic rings. The summed E-state index contributed by atoms with van der Waals surface area (Å²) in [5.41, 5.74) is 0.0350. The number of esters is 1. The molecule has 0 N–H and O–H groups in total. The van der Waals surface area contributed by atoms with Gasteiger partial charge in [0, 0.05) is 19.2 Å². The van der Waals surface area contributed by atoms with Crippen molar-refractivity contribution < 1.29 is 23.5 Å². The molecule has 1 aliphatic carbocycles. The van der Waals surface area contributed by atoms with Gasteiger partial charge in [0.05, 0.1) is 13.0 Å². The molecule has 0 aromatic heterocycles. The average molecular weight is 321 g/mol. The lowest BCUT2D eigenvalue weighted by Gasteiger charge is -2.32. The summed E-state index contributed by atoms with van der Waals surface area (Å²) in [6.07, 6.45) is 2.50. The number of hydrogen-bond acceptors (Lipinski definition) is 4. The summed E-state index contributed by atoms with van der Waals surface area (Å²) in [5, 5.41) is 0. The first-order valence-corrected chi connectivity index (χ1v) is 7.78. The van der Waals surface area contributed by atoms with Gasteiger partial charge in [-0.1, -0.05) is 6.07 Å². The average Bonchev–Trinajstić information content (AvgIpc) is 3.26. The van der Waals surface area contributed by atoms with E-state index in [9.17, 15) is 14.0 Å². The van der Waals surface area contributed by atoms with Gasteiger partial charge in [-0.2, -0.15) is 0 Å². The second kappa shape index (κ2) is 6.18. The van der Waals surface area contributed by atoms with Crippen molar-refractivity contribution in [1.82, 2.24) is 4.90 Å². The maximum Gasteiger partial charge on any atom is 0.309 e. The zero-order valence-corrected chi connectivity index (χ0v) is 13.1. The highest BCUT2D eigenvalue weighted by atomic mass is 19.1. The van der Waals surface area contributed by atoms with Crippen LogP contribution in [0.1, 0.15) is 19.3 Å². The van der Waals surface area contributed by atoms with E-state index < -0.39 is 5.82 Å². The number of carbonyl (C=O) groups is 2. The molecule has 6 heteroatoms. The van der Waals surface area contributed by atoms with Gasteiger partial charge in [0.25, 0.3) is 5.91 Å². The number of benzene rings is 1. The number of amides is 1. The van der Waals surface area contributed by atoms with Crippen LogP contribution < -0.4 is 4.74 Å². The standard InChI is InChI=1S/C17H20FNO4/c1-22-16(21)14-10-17(14)5-7-19(8-6-17)15(20)11-23-13-4-2-3-12(18)9-13/h2-4,9,14H,5-8,10-11H2,1H3. The van der Waals surface area contributed by atoms with Crippen LogP contribution in [0, 0.1) is 17.2 Å². The Hall–Kier alpha value is -2.11. The number of piperidine rings is 1. The van der Waals surface area contributed by atoms with Gasteiger partial charge in [0.1, 0.15) is 11.6 Å². The molecule has 23 heavy (non-hydrogen) atoms. The molecule has 0 radical (unpaired) electrons. The van der Waals surface area contributed by atoms with Crippen molar-refractivity contribution in [1.29, 1.82) is 0 Å². The maximum atomic E-state index is 13.1. The van der Waals surface area contributed by atoms with Gasteiger partial charge in [0.2, 0.25) is 0 Å². The van der Waals surface area contributed by atoms with Gasteiger partial charge in [-0.25, -0.2) is 4.39 Å². The first kappa shape index (κ1) is 15.8. The molecule has 1 aromatic carbocycles. The normalized spacial score (nSPS) is 21.8. The zero-order chi connectivity index (χ0) is 16.4. The first-order valence-electron chi connectivity index (χ1n) is 7.78. The molecule has 1 heterocycles. The number of carbonyl (C=O) groups excluding carboxylic acids is 2. The molecular formula is C17H20FNO4. The highest BCUT2D eigenvalue weighted by Crippen LogP contribution is 2.59. The summed E-state index contributed by atoms with van der Waals surface area (Å²) < 4.78 is 23.2. The van der Waals surface area contributed by atoms with E-state index in [-0.39, 0.29) is 29.8 Å². The summed E-state index contributed by atoms with van der Waals surface area (Å²) >= 11 is 0. The van der Waals surface area contributed by atoms with Crippen LogP contribution in [-0.2, 0) is 14.3 Å². The second-order valence-electron chi connectivity index (χ2n) is 6.27. The highest BCUT2D eigenvalue weighted by Gasteiger charge is 2.59. The Bertz CT molecular complexity index is 610. The van der Waals surface area contributed by atoms with Crippen molar-refractivity contribution in [3.8, 4) is 5.75 Å². The van der Waals surface area contributed by atoms with Gasteiger partial charge in [-0.05, 0) is 36.8 Å². The predicted octanol–water partition coefficient (Wildman–Crippen LogP) is 2.01. The summed E-state index contributed by atoms with van der Waals surface area (Å²) in [7, 11) is 1.41. The minimum Gasteiger partial charge on any atom is -0.484 e. The van der Waals surface area contributed by atoms with E-state index >= 15 is 0 Å². The van der Waals surface area contributed by atoms with E-state index in [2.05, 4.69) is 0 Å². The van der Waals surface area contributed by atoms with Crippen LogP contribution in [0.15, 0.2) is 24.3 Å². The quantitative estimate of drug-likeness (QED) is 0.796. The Kier molecular flexibility index (Phi) is 4.24. The monoisotopic (exact) mass is 321 g/mol. The lowest BCUT2D eigenvalue weighted by Crippen LogP contribution is -2.42. The summed E-state index contributed by atoms with van der Waals surface area (Å²) in [6.45, 7) is 1.15. The van der Waals surface area contributed by atoms with E-state index in [1.165, 1.54) is 19.2 Å². The minimum atomic E-state index is -0.391. The number of hydrogen-bond donors (Lipinski definition) is 0. The number of halogens is 1. The van der Waals surface area contributed by atoms with Crippen molar-refractivity contribution in [3.63, 3.8) is 0 Å². The lowest BCUT2D eigenvalue weighted by molar-refractivity contribution is -0.143. The molecule has 2 fully saturated rings. The lowest BCUT2D eigenvalue weighted by atomic mass is 9.91. The van der Waals surface area contributed by atoms with E-state index in [1.807, 2.05) is 0 Å². The molecule has 5 nitrogen and oxygen atoms in total. The molecule has 0 bridgehead atoms. The number of nitrogens with zero attached hydrogens (tertiary/aromatic N) is 1. The van der Waals surface area contributed by atoms with E-state index in [0.717, 1.165) is 19.3 Å². The largest absolute Gasteiger partial charge is 0.484 e. The van der Waals surface area contributed by atoms with Crippen LogP contribution in [0.25, 0.3) is 0 Å². The van der Waals surface area contributed by atoms with Crippen LogP contribution in [0.4, 0.5) is 4.39 Å². The molecule has 3 rings (SSSR count).